The van der Waals surface area contributed by atoms with Gasteiger partial charge in [-0.15, -0.1) is 0 Å². The van der Waals surface area contributed by atoms with E-state index in [-0.39, 0.29) is 0 Å². The van der Waals surface area contributed by atoms with E-state index in [9.17, 15) is 0 Å². The Bertz CT molecular complexity index is 610. The van der Waals surface area contributed by atoms with Crippen LogP contribution in [0.4, 0.5) is 0 Å². The summed E-state index contributed by atoms with van der Waals surface area (Å²) < 4.78 is 6.08. The number of nitrogens with zero attached hydrogens (tertiary/aromatic N) is 1. The van der Waals surface area contributed by atoms with Crippen molar-refractivity contribution in [3.63, 3.8) is 0 Å². The fourth-order valence-electron chi connectivity index (χ4n) is 3.47. The smallest absolute Gasteiger partial charge is 0.132 e. The van der Waals surface area contributed by atoms with E-state index in [4.69, 9.17) is 4.74 Å². The highest BCUT2D eigenvalue weighted by atomic mass is 16.5. The maximum Gasteiger partial charge on any atom is 0.132 e. The summed E-state index contributed by atoms with van der Waals surface area (Å²) in [5.74, 6) is 1.99. The Morgan fingerprint density at radius 2 is 1.62 bits per heavy atom. The third kappa shape index (κ3) is 2.23. The van der Waals surface area contributed by atoms with Crippen molar-refractivity contribution < 1.29 is 4.74 Å². The first-order valence-electron chi connectivity index (χ1n) is 7.66. The van der Waals surface area contributed by atoms with E-state index < -0.39 is 0 Å². The Balaban J connectivity index is 1.81. The predicted molar refractivity (Wildman–Crippen MR) is 83.8 cm³/mol. The summed E-state index contributed by atoms with van der Waals surface area (Å²) in [5.41, 5.74) is 2.57. The first kappa shape index (κ1) is 12.9. The van der Waals surface area contributed by atoms with Gasteiger partial charge in [0.1, 0.15) is 11.5 Å². The molecule has 108 valence electrons. The van der Waals surface area contributed by atoms with Crippen LogP contribution in [-0.2, 0) is 0 Å². The maximum atomic E-state index is 6.08. The van der Waals surface area contributed by atoms with Crippen molar-refractivity contribution in [3.05, 3.63) is 59.7 Å². The van der Waals surface area contributed by atoms with Gasteiger partial charge in [-0.3, -0.25) is 4.90 Å². The molecule has 3 heteroatoms. The molecule has 2 heterocycles. The van der Waals surface area contributed by atoms with E-state index in [0.717, 1.165) is 31.1 Å². The van der Waals surface area contributed by atoms with Crippen LogP contribution in [-0.4, -0.2) is 30.6 Å². The molecule has 0 radical (unpaired) electrons. The molecule has 2 aliphatic heterocycles. The molecule has 1 unspecified atom stereocenters. The lowest BCUT2D eigenvalue weighted by molar-refractivity contribution is 0.162. The standard InChI is InChI=1S/C18H20N2O/c1-13-12-20(11-10-19-13)18-14-6-2-4-8-16(14)21-17-9-5-3-7-15(17)18/h2-9,13,18-19H,10-12H2,1H3. The minimum absolute atomic E-state index is 0.302. The molecular formula is C18H20N2O. The van der Waals surface area contributed by atoms with Crippen LogP contribution in [0.5, 0.6) is 11.5 Å². The van der Waals surface area contributed by atoms with Crippen molar-refractivity contribution in [1.29, 1.82) is 0 Å². The van der Waals surface area contributed by atoms with Gasteiger partial charge in [-0.25, -0.2) is 0 Å². The van der Waals surface area contributed by atoms with Crippen LogP contribution < -0.4 is 10.1 Å². The third-order valence-electron chi connectivity index (χ3n) is 4.41. The highest BCUT2D eigenvalue weighted by molar-refractivity contribution is 5.53. The quantitative estimate of drug-likeness (QED) is 0.868. The summed E-state index contributed by atoms with van der Waals surface area (Å²) in [7, 11) is 0. The van der Waals surface area contributed by atoms with Gasteiger partial charge in [-0.1, -0.05) is 36.4 Å². The van der Waals surface area contributed by atoms with Gasteiger partial charge < -0.3 is 10.1 Å². The van der Waals surface area contributed by atoms with Gasteiger partial charge in [0.05, 0.1) is 6.04 Å². The fourth-order valence-corrected chi connectivity index (χ4v) is 3.47. The number of hydrogen-bond acceptors (Lipinski definition) is 3. The Kier molecular flexibility index (Phi) is 3.17. The zero-order chi connectivity index (χ0) is 14.2. The number of hydrogen-bond donors (Lipinski definition) is 1. The van der Waals surface area contributed by atoms with Gasteiger partial charge in [0, 0.05) is 36.8 Å². The average Bonchev–Trinajstić information content (AvgIpc) is 2.52. The summed E-state index contributed by atoms with van der Waals surface area (Å²) >= 11 is 0. The Labute approximate surface area is 125 Å². The third-order valence-corrected chi connectivity index (χ3v) is 4.41. The maximum absolute atomic E-state index is 6.08. The lowest BCUT2D eigenvalue weighted by Crippen LogP contribution is -2.50. The second-order valence-electron chi connectivity index (χ2n) is 5.93. The van der Waals surface area contributed by atoms with Gasteiger partial charge in [-0.05, 0) is 19.1 Å². The largest absolute Gasteiger partial charge is 0.457 e. The van der Waals surface area contributed by atoms with Crippen molar-refractivity contribution in [2.75, 3.05) is 19.6 Å². The fraction of sp³-hybridized carbons (Fsp3) is 0.333. The summed E-state index contributed by atoms with van der Waals surface area (Å²) in [5, 5.41) is 3.53. The van der Waals surface area contributed by atoms with Crippen LogP contribution in [0, 0.1) is 0 Å². The zero-order valence-electron chi connectivity index (χ0n) is 12.3. The minimum atomic E-state index is 0.302. The molecule has 0 spiro atoms. The van der Waals surface area contributed by atoms with Crippen LogP contribution in [0.15, 0.2) is 48.5 Å². The summed E-state index contributed by atoms with van der Waals surface area (Å²) in [6, 6.07) is 17.7. The molecule has 1 fully saturated rings. The molecule has 0 aromatic heterocycles. The topological polar surface area (TPSA) is 24.5 Å². The molecule has 2 aliphatic rings. The van der Waals surface area contributed by atoms with E-state index in [1.807, 2.05) is 12.1 Å². The van der Waals surface area contributed by atoms with E-state index >= 15 is 0 Å². The van der Waals surface area contributed by atoms with E-state index in [1.165, 1.54) is 11.1 Å². The van der Waals surface area contributed by atoms with Gasteiger partial charge in [0.2, 0.25) is 0 Å². The molecule has 1 N–H and O–H groups in total. The van der Waals surface area contributed by atoms with Crippen LogP contribution in [0.3, 0.4) is 0 Å². The number of rotatable bonds is 1. The normalized spacial score (nSPS) is 22.2. The monoisotopic (exact) mass is 280 g/mol. The van der Waals surface area contributed by atoms with Gasteiger partial charge >= 0.3 is 0 Å². The first-order valence-corrected chi connectivity index (χ1v) is 7.66. The molecule has 4 rings (SSSR count). The van der Waals surface area contributed by atoms with Crippen molar-refractivity contribution >= 4 is 0 Å². The second kappa shape index (κ2) is 5.17. The molecule has 2 aromatic rings. The van der Waals surface area contributed by atoms with Crippen molar-refractivity contribution in [1.82, 2.24) is 10.2 Å². The molecule has 0 bridgehead atoms. The molecule has 1 saturated heterocycles. The van der Waals surface area contributed by atoms with Gasteiger partial charge in [-0.2, -0.15) is 0 Å². The number of para-hydroxylation sites is 2. The summed E-state index contributed by atoms with van der Waals surface area (Å²) in [6.45, 7) is 5.43. The van der Waals surface area contributed by atoms with Crippen LogP contribution >= 0.6 is 0 Å². The molecule has 3 nitrogen and oxygen atoms in total. The molecule has 1 atom stereocenters. The van der Waals surface area contributed by atoms with Gasteiger partial charge in [0.15, 0.2) is 0 Å². The number of fused-ring (bicyclic) bond motifs is 2. The van der Waals surface area contributed by atoms with E-state index in [0.29, 0.717) is 12.1 Å². The van der Waals surface area contributed by atoms with Crippen LogP contribution in [0.1, 0.15) is 24.1 Å². The van der Waals surface area contributed by atoms with Crippen molar-refractivity contribution in [2.24, 2.45) is 0 Å². The number of benzene rings is 2. The van der Waals surface area contributed by atoms with Crippen molar-refractivity contribution in [2.45, 2.75) is 19.0 Å². The number of nitrogens with one attached hydrogen (secondary N) is 1. The zero-order valence-corrected chi connectivity index (χ0v) is 12.3. The Hall–Kier alpha value is -1.84. The Morgan fingerprint density at radius 3 is 2.24 bits per heavy atom. The molecule has 0 amide bonds. The number of piperazine rings is 1. The molecule has 0 saturated carbocycles. The van der Waals surface area contributed by atoms with Gasteiger partial charge in [0.25, 0.3) is 0 Å². The lowest BCUT2D eigenvalue weighted by atomic mass is 9.92. The Morgan fingerprint density at radius 1 is 1.00 bits per heavy atom. The predicted octanol–water partition coefficient (Wildman–Crippen LogP) is 3.18. The van der Waals surface area contributed by atoms with E-state index in [1.54, 1.807) is 0 Å². The minimum Gasteiger partial charge on any atom is -0.457 e. The first-order chi connectivity index (χ1) is 10.3. The SMILES string of the molecule is CC1CN(C2c3ccccc3Oc3ccccc32)CCN1. The lowest BCUT2D eigenvalue weighted by Gasteiger charge is -2.41. The second-order valence-corrected chi connectivity index (χ2v) is 5.93. The highest BCUT2D eigenvalue weighted by Crippen LogP contribution is 2.45. The summed E-state index contributed by atoms with van der Waals surface area (Å²) in [6.07, 6.45) is 0. The highest BCUT2D eigenvalue weighted by Gasteiger charge is 2.33. The van der Waals surface area contributed by atoms with Crippen molar-refractivity contribution in [3.8, 4) is 11.5 Å². The van der Waals surface area contributed by atoms with Crippen LogP contribution in [0.25, 0.3) is 0 Å². The summed E-state index contributed by atoms with van der Waals surface area (Å²) in [4.78, 5) is 2.57. The van der Waals surface area contributed by atoms with Crippen LogP contribution in [0.2, 0.25) is 0 Å². The molecule has 21 heavy (non-hydrogen) atoms. The number of ether oxygens (including phenoxy) is 1. The molecule has 0 aliphatic carbocycles. The van der Waals surface area contributed by atoms with E-state index in [2.05, 4.69) is 53.5 Å². The molecule has 2 aromatic carbocycles. The molecular weight excluding hydrogens is 260 g/mol. The average molecular weight is 280 g/mol.